The van der Waals surface area contributed by atoms with Gasteiger partial charge in [0.2, 0.25) is 0 Å². The van der Waals surface area contributed by atoms with Crippen LogP contribution in [0.5, 0.6) is 0 Å². The third-order valence-corrected chi connectivity index (χ3v) is 4.74. The highest BCUT2D eigenvalue weighted by molar-refractivity contribution is 6.19. The van der Waals surface area contributed by atoms with Gasteiger partial charge in [-0.25, -0.2) is 0 Å². The monoisotopic (exact) mass is 308 g/mol. The van der Waals surface area contributed by atoms with E-state index >= 15 is 0 Å². The van der Waals surface area contributed by atoms with Crippen LogP contribution in [0, 0.1) is 6.92 Å². The molecule has 4 aromatic carbocycles. The molecule has 0 saturated heterocycles. The summed E-state index contributed by atoms with van der Waals surface area (Å²) in [7, 11) is 0. The predicted molar refractivity (Wildman–Crippen MR) is 101 cm³/mol. The van der Waals surface area contributed by atoms with Gasteiger partial charge in [-0.05, 0) is 47.0 Å². The van der Waals surface area contributed by atoms with E-state index in [-0.39, 0.29) is 0 Å². The molecule has 5 aromatic rings. The molecule has 0 aliphatic rings. The minimum Gasteiger partial charge on any atom is -0.456 e. The van der Waals surface area contributed by atoms with E-state index in [9.17, 15) is 0 Å². The highest BCUT2D eigenvalue weighted by Crippen LogP contribution is 2.36. The van der Waals surface area contributed by atoms with Crippen LogP contribution in [-0.4, -0.2) is 0 Å². The third kappa shape index (κ3) is 1.95. The van der Waals surface area contributed by atoms with Crippen molar-refractivity contribution in [2.45, 2.75) is 6.92 Å². The smallest absolute Gasteiger partial charge is 0.136 e. The van der Waals surface area contributed by atoms with Crippen molar-refractivity contribution in [1.29, 1.82) is 0 Å². The number of rotatable bonds is 1. The number of aryl methyl sites for hydroxylation is 1. The summed E-state index contributed by atoms with van der Waals surface area (Å²) in [6, 6.07) is 27.8. The van der Waals surface area contributed by atoms with Crippen LogP contribution < -0.4 is 0 Å². The third-order valence-electron chi connectivity index (χ3n) is 4.74. The molecule has 0 fully saturated rings. The Morgan fingerprint density at radius 1 is 0.625 bits per heavy atom. The van der Waals surface area contributed by atoms with Crippen molar-refractivity contribution < 1.29 is 4.42 Å². The van der Waals surface area contributed by atoms with Crippen LogP contribution in [0.1, 0.15) is 5.56 Å². The summed E-state index contributed by atoms with van der Waals surface area (Å²) in [4.78, 5) is 0. The predicted octanol–water partition coefficient (Wildman–Crippen LogP) is 6.71. The van der Waals surface area contributed by atoms with Gasteiger partial charge < -0.3 is 4.42 Å². The lowest BCUT2D eigenvalue weighted by Crippen LogP contribution is -1.79. The minimum absolute atomic E-state index is 0.942. The average Bonchev–Trinajstić information content (AvgIpc) is 3.00. The van der Waals surface area contributed by atoms with Gasteiger partial charge in [0, 0.05) is 10.8 Å². The molecule has 24 heavy (non-hydrogen) atoms. The van der Waals surface area contributed by atoms with Gasteiger partial charge in [0.05, 0.1) is 0 Å². The molecule has 0 saturated carbocycles. The summed E-state index contributed by atoms with van der Waals surface area (Å²) in [6.07, 6.45) is 0. The van der Waals surface area contributed by atoms with Crippen LogP contribution in [-0.2, 0) is 0 Å². The molecule has 1 nitrogen and oxygen atoms in total. The first kappa shape index (κ1) is 13.4. The molecule has 0 atom stereocenters. The summed E-state index contributed by atoms with van der Waals surface area (Å²) in [5, 5.41) is 4.88. The van der Waals surface area contributed by atoms with E-state index < -0.39 is 0 Å². The van der Waals surface area contributed by atoms with Gasteiger partial charge in [-0.2, -0.15) is 0 Å². The number of hydrogen-bond acceptors (Lipinski definition) is 1. The first-order valence-corrected chi connectivity index (χ1v) is 8.21. The van der Waals surface area contributed by atoms with Gasteiger partial charge in [0.1, 0.15) is 11.2 Å². The van der Waals surface area contributed by atoms with Crippen molar-refractivity contribution in [3.63, 3.8) is 0 Å². The average molecular weight is 308 g/mol. The van der Waals surface area contributed by atoms with Crippen LogP contribution in [0.3, 0.4) is 0 Å². The Balaban J connectivity index is 1.86. The lowest BCUT2D eigenvalue weighted by Gasteiger charge is -2.03. The second kappa shape index (κ2) is 4.97. The number of fused-ring (bicyclic) bond motifs is 5. The number of benzene rings is 4. The zero-order valence-electron chi connectivity index (χ0n) is 13.4. The fraction of sp³-hybridized carbons (Fsp3) is 0.0435. The molecule has 5 rings (SSSR count). The van der Waals surface area contributed by atoms with Crippen molar-refractivity contribution in [2.75, 3.05) is 0 Å². The second-order valence-electron chi connectivity index (χ2n) is 6.34. The van der Waals surface area contributed by atoms with Gasteiger partial charge in [0.15, 0.2) is 0 Å². The first-order valence-electron chi connectivity index (χ1n) is 8.21. The maximum Gasteiger partial charge on any atom is 0.136 e. The van der Waals surface area contributed by atoms with Crippen molar-refractivity contribution in [3.8, 4) is 11.1 Å². The lowest BCUT2D eigenvalue weighted by molar-refractivity contribution is 0.669. The molecule has 0 radical (unpaired) electrons. The minimum atomic E-state index is 0.942. The van der Waals surface area contributed by atoms with Gasteiger partial charge in [-0.3, -0.25) is 0 Å². The fourth-order valence-electron chi connectivity index (χ4n) is 3.47. The van der Waals surface area contributed by atoms with Crippen molar-refractivity contribution in [3.05, 3.63) is 84.4 Å². The van der Waals surface area contributed by atoms with Crippen LogP contribution in [0.25, 0.3) is 43.8 Å². The van der Waals surface area contributed by atoms with Crippen LogP contribution in [0.2, 0.25) is 0 Å². The highest BCUT2D eigenvalue weighted by atomic mass is 16.3. The van der Waals surface area contributed by atoms with Crippen molar-refractivity contribution in [2.24, 2.45) is 0 Å². The van der Waals surface area contributed by atoms with E-state index in [1.54, 1.807) is 0 Å². The van der Waals surface area contributed by atoms with E-state index in [1.807, 2.05) is 0 Å². The van der Waals surface area contributed by atoms with Crippen molar-refractivity contribution >= 4 is 32.7 Å². The van der Waals surface area contributed by atoms with Crippen molar-refractivity contribution in [1.82, 2.24) is 0 Å². The van der Waals surface area contributed by atoms with E-state index in [0.29, 0.717) is 0 Å². The summed E-state index contributed by atoms with van der Waals surface area (Å²) in [5.41, 5.74) is 5.62. The molecule has 0 spiro atoms. The molecular weight excluding hydrogens is 292 g/mol. The molecule has 114 valence electrons. The SMILES string of the molecule is Cc1ccc(-c2ccc3oc4ccc5ccccc5c4c3c2)cc1. The molecule has 0 amide bonds. The lowest BCUT2D eigenvalue weighted by atomic mass is 9.99. The maximum absolute atomic E-state index is 6.07. The first-order chi connectivity index (χ1) is 11.8. The molecule has 1 aromatic heterocycles. The molecule has 0 aliphatic heterocycles. The molecule has 0 N–H and O–H groups in total. The Bertz CT molecular complexity index is 1190. The normalized spacial score (nSPS) is 11.5. The largest absolute Gasteiger partial charge is 0.456 e. The van der Waals surface area contributed by atoms with E-state index in [0.717, 1.165) is 11.2 Å². The van der Waals surface area contributed by atoms with E-state index in [2.05, 4.69) is 85.8 Å². The van der Waals surface area contributed by atoms with E-state index in [4.69, 9.17) is 4.42 Å². The van der Waals surface area contributed by atoms with Gasteiger partial charge in [-0.1, -0.05) is 66.2 Å². The van der Waals surface area contributed by atoms with Crippen LogP contribution >= 0.6 is 0 Å². The summed E-state index contributed by atoms with van der Waals surface area (Å²) >= 11 is 0. The standard InChI is InChI=1S/C23H16O/c1-15-6-8-16(9-7-15)18-11-12-21-20(14-18)23-19-5-3-2-4-17(19)10-13-22(23)24-21/h2-14H,1H3. The van der Waals surface area contributed by atoms with Crippen LogP contribution in [0.4, 0.5) is 0 Å². The summed E-state index contributed by atoms with van der Waals surface area (Å²) < 4.78 is 6.07. The molecule has 1 heteroatoms. The molecular formula is C23H16O. The molecule has 0 bridgehead atoms. The number of hydrogen-bond donors (Lipinski definition) is 0. The Kier molecular flexibility index (Phi) is 2.77. The number of furan rings is 1. The second-order valence-corrected chi connectivity index (χ2v) is 6.34. The molecule has 0 aliphatic carbocycles. The quantitative estimate of drug-likeness (QED) is 0.335. The summed E-state index contributed by atoms with van der Waals surface area (Å²) in [5.74, 6) is 0. The topological polar surface area (TPSA) is 13.1 Å². The van der Waals surface area contributed by atoms with Gasteiger partial charge >= 0.3 is 0 Å². The highest BCUT2D eigenvalue weighted by Gasteiger charge is 2.11. The Hall–Kier alpha value is -3.06. The summed E-state index contributed by atoms with van der Waals surface area (Å²) in [6.45, 7) is 2.11. The Morgan fingerprint density at radius 2 is 1.38 bits per heavy atom. The van der Waals surface area contributed by atoms with Gasteiger partial charge in [0.25, 0.3) is 0 Å². The molecule has 1 heterocycles. The van der Waals surface area contributed by atoms with E-state index in [1.165, 1.54) is 38.2 Å². The fourth-order valence-corrected chi connectivity index (χ4v) is 3.47. The Labute approximate surface area is 140 Å². The molecule has 0 unspecified atom stereocenters. The Morgan fingerprint density at radius 3 is 2.25 bits per heavy atom. The zero-order chi connectivity index (χ0) is 16.1. The van der Waals surface area contributed by atoms with Crippen LogP contribution in [0.15, 0.2) is 83.3 Å². The zero-order valence-corrected chi connectivity index (χ0v) is 13.4. The maximum atomic E-state index is 6.07. The van der Waals surface area contributed by atoms with Gasteiger partial charge in [-0.15, -0.1) is 0 Å².